The molecule has 0 saturated heterocycles. The lowest BCUT2D eigenvalue weighted by Crippen LogP contribution is -2.00. The Labute approximate surface area is 106 Å². The predicted molar refractivity (Wildman–Crippen MR) is 71.3 cm³/mol. The summed E-state index contributed by atoms with van der Waals surface area (Å²) < 4.78 is 0. The van der Waals surface area contributed by atoms with Gasteiger partial charge < -0.3 is 5.11 Å². The van der Waals surface area contributed by atoms with Crippen molar-refractivity contribution >= 4 is 11.3 Å². The average Bonchev–Trinajstić information content (AvgIpc) is 2.87. The number of nitrogens with zero attached hydrogens (tertiary/aromatic N) is 1. The highest BCUT2D eigenvalue weighted by atomic mass is 32.1. The van der Waals surface area contributed by atoms with Crippen molar-refractivity contribution in [2.24, 2.45) is 0 Å². The van der Waals surface area contributed by atoms with Crippen LogP contribution in [0.1, 0.15) is 48.6 Å². The van der Waals surface area contributed by atoms with Gasteiger partial charge in [-0.3, -0.25) is 0 Å². The van der Waals surface area contributed by atoms with Crippen LogP contribution in [0.2, 0.25) is 0 Å². The maximum absolute atomic E-state index is 10.2. The van der Waals surface area contributed by atoms with Crippen LogP contribution in [0.3, 0.4) is 0 Å². The molecule has 2 nitrogen and oxygen atoms in total. The number of benzene rings is 1. The lowest BCUT2D eigenvalue weighted by molar-refractivity contribution is 0.219. The number of aromatic nitrogens is 1. The van der Waals surface area contributed by atoms with E-state index in [1.54, 1.807) is 0 Å². The van der Waals surface area contributed by atoms with Crippen molar-refractivity contribution in [3.63, 3.8) is 0 Å². The Kier molecular flexibility index (Phi) is 3.92. The third-order valence-corrected chi connectivity index (χ3v) is 3.92. The maximum Gasteiger partial charge on any atom is 0.131 e. The fourth-order valence-electron chi connectivity index (χ4n) is 1.64. The lowest BCUT2D eigenvalue weighted by Gasteiger charge is -2.07. The van der Waals surface area contributed by atoms with E-state index in [2.05, 4.69) is 24.2 Å². The van der Waals surface area contributed by atoms with Crippen LogP contribution in [-0.2, 0) is 0 Å². The van der Waals surface area contributed by atoms with Crippen LogP contribution in [0.5, 0.6) is 0 Å². The number of rotatable bonds is 4. The number of hydrogen-bond donors (Lipinski definition) is 1. The summed E-state index contributed by atoms with van der Waals surface area (Å²) >= 11 is 1.54. The van der Waals surface area contributed by atoms with E-state index < -0.39 is 6.10 Å². The molecule has 0 amide bonds. The van der Waals surface area contributed by atoms with Gasteiger partial charge in [0.15, 0.2) is 0 Å². The van der Waals surface area contributed by atoms with Gasteiger partial charge in [0.2, 0.25) is 0 Å². The minimum absolute atomic E-state index is 0.461. The van der Waals surface area contributed by atoms with Crippen LogP contribution in [0.15, 0.2) is 35.7 Å². The first-order chi connectivity index (χ1) is 8.22. The average molecular weight is 247 g/mol. The quantitative estimate of drug-likeness (QED) is 0.892. The first-order valence-electron chi connectivity index (χ1n) is 5.90. The van der Waals surface area contributed by atoms with Crippen molar-refractivity contribution in [1.29, 1.82) is 0 Å². The number of aliphatic hydroxyl groups is 1. The van der Waals surface area contributed by atoms with Crippen molar-refractivity contribution in [2.45, 2.75) is 32.3 Å². The third-order valence-electron chi connectivity index (χ3n) is 3.01. The number of aliphatic hydroxyl groups excluding tert-OH is 1. The summed E-state index contributed by atoms with van der Waals surface area (Å²) in [7, 11) is 0. The third kappa shape index (κ3) is 2.73. The molecule has 1 aromatic carbocycles. The van der Waals surface area contributed by atoms with Gasteiger partial charge in [-0.15, -0.1) is 11.3 Å². The molecule has 17 heavy (non-hydrogen) atoms. The van der Waals surface area contributed by atoms with E-state index in [1.807, 2.05) is 30.3 Å². The van der Waals surface area contributed by atoms with Crippen molar-refractivity contribution < 1.29 is 5.11 Å². The number of thiazole rings is 1. The van der Waals surface area contributed by atoms with E-state index in [0.717, 1.165) is 22.7 Å². The van der Waals surface area contributed by atoms with E-state index in [4.69, 9.17) is 0 Å². The van der Waals surface area contributed by atoms with Crippen molar-refractivity contribution in [3.05, 3.63) is 52.0 Å². The molecule has 0 spiro atoms. The molecule has 0 aliphatic carbocycles. The SMILES string of the molecule is CCC(C)c1csc(C(O)c2ccccc2)n1. The molecule has 2 unspecified atom stereocenters. The van der Waals surface area contributed by atoms with Crippen molar-refractivity contribution in [3.8, 4) is 0 Å². The minimum Gasteiger partial charge on any atom is -0.381 e. The van der Waals surface area contributed by atoms with Gasteiger partial charge in [0.1, 0.15) is 11.1 Å². The monoisotopic (exact) mass is 247 g/mol. The van der Waals surface area contributed by atoms with E-state index in [0.29, 0.717) is 5.92 Å². The second kappa shape index (κ2) is 5.43. The largest absolute Gasteiger partial charge is 0.381 e. The Bertz CT molecular complexity index is 466. The summed E-state index contributed by atoms with van der Waals surface area (Å²) in [6.45, 7) is 4.31. The maximum atomic E-state index is 10.2. The molecular formula is C14H17NOS. The van der Waals surface area contributed by atoms with E-state index in [1.165, 1.54) is 11.3 Å². The molecular weight excluding hydrogens is 230 g/mol. The molecule has 0 fully saturated rings. The standard InChI is InChI=1S/C14H17NOS/c1-3-10(2)12-9-17-14(15-12)13(16)11-7-5-4-6-8-11/h4-10,13,16H,3H2,1-2H3. The molecule has 2 rings (SSSR count). The Morgan fingerprint density at radius 1 is 1.29 bits per heavy atom. The zero-order chi connectivity index (χ0) is 12.3. The summed E-state index contributed by atoms with van der Waals surface area (Å²) in [5.74, 6) is 0.461. The topological polar surface area (TPSA) is 33.1 Å². The fraction of sp³-hybridized carbons (Fsp3) is 0.357. The van der Waals surface area contributed by atoms with Crippen LogP contribution in [0.25, 0.3) is 0 Å². The van der Waals surface area contributed by atoms with Crippen LogP contribution in [0, 0.1) is 0 Å². The fourth-order valence-corrected chi connectivity index (χ4v) is 2.59. The molecule has 0 aliphatic rings. The zero-order valence-electron chi connectivity index (χ0n) is 10.1. The van der Waals surface area contributed by atoms with Gasteiger partial charge in [-0.25, -0.2) is 4.98 Å². The zero-order valence-corrected chi connectivity index (χ0v) is 10.9. The normalized spacial score (nSPS) is 14.5. The van der Waals surface area contributed by atoms with Crippen molar-refractivity contribution in [2.75, 3.05) is 0 Å². The van der Waals surface area contributed by atoms with Gasteiger partial charge >= 0.3 is 0 Å². The Balaban J connectivity index is 2.20. The summed E-state index contributed by atoms with van der Waals surface area (Å²) in [6.07, 6.45) is 0.476. The van der Waals surface area contributed by atoms with Crippen LogP contribution < -0.4 is 0 Å². The van der Waals surface area contributed by atoms with Crippen LogP contribution in [0.4, 0.5) is 0 Å². The van der Waals surface area contributed by atoms with Crippen LogP contribution in [-0.4, -0.2) is 10.1 Å². The molecule has 2 atom stereocenters. The second-order valence-corrected chi connectivity index (χ2v) is 5.12. The van der Waals surface area contributed by atoms with E-state index in [-0.39, 0.29) is 0 Å². The Morgan fingerprint density at radius 3 is 2.65 bits per heavy atom. The minimum atomic E-state index is -0.598. The van der Waals surface area contributed by atoms with E-state index in [9.17, 15) is 5.11 Å². The molecule has 0 aliphatic heterocycles. The molecule has 1 heterocycles. The van der Waals surface area contributed by atoms with Gasteiger partial charge in [0, 0.05) is 5.38 Å². The predicted octanol–water partition coefficient (Wildman–Crippen LogP) is 3.74. The molecule has 0 saturated carbocycles. The summed E-state index contributed by atoms with van der Waals surface area (Å²) in [5.41, 5.74) is 1.99. The molecule has 2 aromatic rings. The molecule has 1 N–H and O–H groups in total. The molecule has 0 radical (unpaired) electrons. The summed E-state index contributed by atoms with van der Waals surface area (Å²) in [4.78, 5) is 4.53. The van der Waals surface area contributed by atoms with Crippen LogP contribution >= 0.6 is 11.3 Å². The highest BCUT2D eigenvalue weighted by Crippen LogP contribution is 2.28. The van der Waals surface area contributed by atoms with Gasteiger partial charge in [-0.05, 0) is 17.9 Å². The van der Waals surface area contributed by atoms with Gasteiger partial charge in [-0.2, -0.15) is 0 Å². The highest BCUT2D eigenvalue weighted by Gasteiger charge is 2.16. The van der Waals surface area contributed by atoms with Gasteiger partial charge in [0.25, 0.3) is 0 Å². The van der Waals surface area contributed by atoms with Gasteiger partial charge in [-0.1, -0.05) is 44.2 Å². The Morgan fingerprint density at radius 2 is 2.00 bits per heavy atom. The first-order valence-corrected chi connectivity index (χ1v) is 6.78. The molecule has 1 aromatic heterocycles. The number of hydrogen-bond acceptors (Lipinski definition) is 3. The van der Waals surface area contributed by atoms with E-state index >= 15 is 0 Å². The molecule has 0 bridgehead atoms. The second-order valence-electron chi connectivity index (χ2n) is 4.23. The lowest BCUT2D eigenvalue weighted by atomic mass is 10.1. The smallest absolute Gasteiger partial charge is 0.131 e. The highest BCUT2D eigenvalue weighted by molar-refractivity contribution is 7.09. The Hall–Kier alpha value is -1.19. The summed E-state index contributed by atoms with van der Waals surface area (Å²) in [5, 5.41) is 13.0. The van der Waals surface area contributed by atoms with Crippen molar-refractivity contribution in [1.82, 2.24) is 4.98 Å². The molecule has 3 heteroatoms. The first kappa shape index (κ1) is 12.3. The van der Waals surface area contributed by atoms with Gasteiger partial charge in [0.05, 0.1) is 5.69 Å². The molecule has 90 valence electrons. The summed E-state index contributed by atoms with van der Waals surface area (Å²) in [6, 6.07) is 9.66.